The lowest BCUT2D eigenvalue weighted by Gasteiger charge is -2.24. The van der Waals surface area contributed by atoms with E-state index in [0.29, 0.717) is 5.69 Å². The van der Waals surface area contributed by atoms with Crippen LogP contribution in [-0.2, 0) is 20.7 Å². The van der Waals surface area contributed by atoms with Crippen molar-refractivity contribution in [2.24, 2.45) is 0 Å². The molecule has 0 spiro atoms. The highest BCUT2D eigenvalue weighted by Gasteiger charge is 2.43. The summed E-state index contributed by atoms with van der Waals surface area (Å²) in [6, 6.07) is 21.4. The summed E-state index contributed by atoms with van der Waals surface area (Å²) in [5.41, 5.74) is 2.85. The first-order valence-electron chi connectivity index (χ1n) is 10.5. The molecule has 0 radical (unpaired) electrons. The second kappa shape index (κ2) is 9.48. The second-order valence-electron chi connectivity index (χ2n) is 7.75. The van der Waals surface area contributed by atoms with Crippen LogP contribution >= 0.6 is 0 Å². The minimum Gasteiger partial charge on any atom is -0.454 e. The van der Waals surface area contributed by atoms with Gasteiger partial charge in [-0.1, -0.05) is 60.2 Å². The average molecular weight is 442 g/mol. The Morgan fingerprint density at radius 2 is 1.42 bits per heavy atom. The van der Waals surface area contributed by atoms with Gasteiger partial charge in [-0.05, 0) is 36.8 Å². The summed E-state index contributed by atoms with van der Waals surface area (Å²) < 4.78 is 5.24. The topological polar surface area (TPSA) is 92.8 Å². The normalized spacial score (nSPS) is 13.4. The number of hydrogen-bond donors (Lipinski definition) is 1. The molecule has 3 aromatic rings. The number of amides is 3. The van der Waals surface area contributed by atoms with Gasteiger partial charge in [0.05, 0.1) is 11.1 Å². The van der Waals surface area contributed by atoms with Crippen molar-refractivity contribution in [3.05, 3.63) is 101 Å². The molecule has 3 aromatic carbocycles. The highest BCUT2D eigenvalue weighted by molar-refractivity contribution is 6.22. The summed E-state index contributed by atoms with van der Waals surface area (Å²) in [7, 11) is 0. The Morgan fingerprint density at radius 1 is 0.848 bits per heavy atom. The van der Waals surface area contributed by atoms with E-state index in [1.54, 1.807) is 60.7 Å². The lowest BCUT2D eigenvalue weighted by molar-refractivity contribution is -0.151. The molecule has 166 valence electrons. The maximum absolute atomic E-state index is 13.0. The van der Waals surface area contributed by atoms with Crippen molar-refractivity contribution in [2.45, 2.75) is 19.4 Å². The molecular weight excluding hydrogens is 420 g/mol. The number of carbonyl (C=O) groups is 4. The van der Waals surface area contributed by atoms with Gasteiger partial charge in [0.2, 0.25) is 0 Å². The van der Waals surface area contributed by atoms with Crippen molar-refractivity contribution in [2.75, 3.05) is 11.9 Å². The third-order valence-electron chi connectivity index (χ3n) is 5.36. The Bertz CT molecular complexity index is 1170. The molecule has 0 fully saturated rings. The molecule has 7 heteroatoms. The van der Waals surface area contributed by atoms with E-state index < -0.39 is 36.3 Å². The largest absolute Gasteiger partial charge is 0.454 e. The van der Waals surface area contributed by atoms with E-state index in [1.165, 1.54) is 0 Å². The predicted octanol–water partition coefficient (Wildman–Crippen LogP) is 3.38. The van der Waals surface area contributed by atoms with Crippen molar-refractivity contribution < 1.29 is 23.9 Å². The zero-order valence-corrected chi connectivity index (χ0v) is 18.0. The summed E-state index contributed by atoms with van der Waals surface area (Å²) in [5, 5.41) is 2.65. The van der Waals surface area contributed by atoms with Crippen LogP contribution in [0, 0.1) is 6.92 Å². The number of fused-ring (bicyclic) bond motifs is 1. The quantitative estimate of drug-likeness (QED) is 0.447. The van der Waals surface area contributed by atoms with Crippen LogP contribution in [0.15, 0.2) is 78.9 Å². The Morgan fingerprint density at radius 3 is 2.03 bits per heavy atom. The van der Waals surface area contributed by atoms with E-state index in [2.05, 4.69) is 5.32 Å². The van der Waals surface area contributed by atoms with Crippen LogP contribution in [0.1, 0.15) is 31.8 Å². The van der Waals surface area contributed by atoms with Crippen LogP contribution in [0.25, 0.3) is 0 Å². The number of nitrogens with one attached hydrogen (secondary N) is 1. The van der Waals surface area contributed by atoms with E-state index in [9.17, 15) is 19.2 Å². The van der Waals surface area contributed by atoms with Gasteiger partial charge < -0.3 is 10.1 Å². The monoisotopic (exact) mass is 442 g/mol. The Balaban J connectivity index is 1.50. The number of nitrogens with zero attached hydrogens (tertiary/aromatic N) is 1. The predicted molar refractivity (Wildman–Crippen MR) is 122 cm³/mol. The molecule has 0 saturated carbocycles. The molecule has 0 aliphatic carbocycles. The zero-order chi connectivity index (χ0) is 23.4. The molecule has 1 heterocycles. The minimum absolute atomic E-state index is 0.0741. The fourth-order valence-electron chi connectivity index (χ4n) is 3.68. The van der Waals surface area contributed by atoms with E-state index >= 15 is 0 Å². The molecule has 0 saturated heterocycles. The van der Waals surface area contributed by atoms with E-state index in [1.807, 2.05) is 25.1 Å². The van der Waals surface area contributed by atoms with Crippen molar-refractivity contribution >= 4 is 29.4 Å². The highest BCUT2D eigenvalue weighted by Crippen LogP contribution is 2.26. The summed E-state index contributed by atoms with van der Waals surface area (Å²) >= 11 is 0. The van der Waals surface area contributed by atoms with E-state index in [0.717, 1.165) is 16.0 Å². The van der Waals surface area contributed by atoms with Crippen LogP contribution in [-0.4, -0.2) is 41.2 Å². The lowest BCUT2D eigenvalue weighted by atomic mass is 10.0. The number of benzene rings is 3. The van der Waals surface area contributed by atoms with Crippen LogP contribution in [0.2, 0.25) is 0 Å². The third-order valence-corrected chi connectivity index (χ3v) is 5.36. The van der Waals surface area contributed by atoms with Gasteiger partial charge in [-0.2, -0.15) is 0 Å². The Hall–Kier alpha value is -4.26. The van der Waals surface area contributed by atoms with Gasteiger partial charge in [0.1, 0.15) is 6.04 Å². The molecule has 0 aromatic heterocycles. The van der Waals surface area contributed by atoms with Gasteiger partial charge in [-0.25, -0.2) is 4.79 Å². The standard InChI is InChI=1S/C26H22N2O5/c1-17-11-13-19(14-12-17)27-23(29)16-33-26(32)22(15-18-7-3-2-4-8-18)28-24(30)20-9-5-6-10-21(20)25(28)31/h2-14,22H,15-16H2,1H3,(H,27,29)/t22-/m0/s1. The number of carbonyl (C=O) groups excluding carboxylic acids is 4. The molecule has 3 amide bonds. The van der Waals surface area contributed by atoms with Gasteiger partial charge >= 0.3 is 5.97 Å². The zero-order valence-electron chi connectivity index (χ0n) is 18.0. The fraction of sp³-hybridized carbons (Fsp3) is 0.154. The average Bonchev–Trinajstić information content (AvgIpc) is 3.08. The van der Waals surface area contributed by atoms with Gasteiger partial charge in [0.15, 0.2) is 6.61 Å². The molecule has 33 heavy (non-hydrogen) atoms. The van der Waals surface area contributed by atoms with Crippen LogP contribution in [0.5, 0.6) is 0 Å². The number of rotatable bonds is 7. The van der Waals surface area contributed by atoms with Gasteiger partial charge in [0.25, 0.3) is 17.7 Å². The molecule has 7 nitrogen and oxygen atoms in total. The van der Waals surface area contributed by atoms with Crippen molar-refractivity contribution in [3.8, 4) is 0 Å². The number of imide groups is 1. The first-order valence-corrected chi connectivity index (χ1v) is 10.5. The van der Waals surface area contributed by atoms with E-state index in [-0.39, 0.29) is 17.5 Å². The Labute approximate surface area is 191 Å². The number of ether oxygens (including phenoxy) is 1. The first-order chi connectivity index (χ1) is 15.9. The fourth-order valence-corrected chi connectivity index (χ4v) is 3.68. The second-order valence-corrected chi connectivity index (χ2v) is 7.75. The van der Waals surface area contributed by atoms with Crippen molar-refractivity contribution in [1.29, 1.82) is 0 Å². The van der Waals surface area contributed by atoms with Crippen LogP contribution in [0.4, 0.5) is 5.69 Å². The first kappa shape index (κ1) is 22.0. The van der Waals surface area contributed by atoms with Gasteiger partial charge in [-0.15, -0.1) is 0 Å². The molecular formula is C26H22N2O5. The molecule has 1 aliphatic rings. The molecule has 0 bridgehead atoms. The van der Waals surface area contributed by atoms with Crippen molar-refractivity contribution in [3.63, 3.8) is 0 Å². The van der Waals surface area contributed by atoms with Crippen LogP contribution in [0.3, 0.4) is 0 Å². The number of hydrogen-bond acceptors (Lipinski definition) is 5. The molecule has 1 atom stereocenters. The molecule has 4 rings (SSSR count). The van der Waals surface area contributed by atoms with Crippen LogP contribution < -0.4 is 5.32 Å². The summed E-state index contributed by atoms with van der Waals surface area (Å²) in [4.78, 5) is 52.2. The maximum Gasteiger partial charge on any atom is 0.330 e. The number of anilines is 1. The van der Waals surface area contributed by atoms with E-state index in [4.69, 9.17) is 4.74 Å². The maximum atomic E-state index is 13.0. The SMILES string of the molecule is Cc1ccc(NC(=O)COC(=O)[C@H](Cc2ccccc2)N2C(=O)c3ccccc3C2=O)cc1. The third kappa shape index (κ3) is 4.82. The number of esters is 1. The molecule has 1 aliphatic heterocycles. The Kier molecular flexibility index (Phi) is 6.31. The van der Waals surface area contributed by atoms with Crippen molar-refractivity contribution in [1.82, 2.24) is 4.90 Å². The molecule has 1 N–H and O–H groups in total. The summed E-state index contributed by atoms with van der Waals surface area (Å²) in [6.45, 7) is 1.39. The minimum atomic E-state index is -1.20. The lowest BCUT2D eigenvalue weighted by Crippen LogP contribution is -2.47. The van der Waals surface area contributed by atoms with Gasteiger partial charge in [0, 0.05) is 12.1 Å². The number of aryl methyl sites for hydroxylation is 1. The summed E-state index contributed by atoms with van der Waals surface area (Å²) in [5.74, 6) is -2.46. The summed E-state index contributed by atoms with van der Waals surface area (Å²) in [6.07, 6.45) is 0.0741. The highest BCUT2D eigenvalue weighted by atomic mass is 16.5. The smallest absolute Gasteiger partial charge is 0.330 e. The molecule has 0 unspecified atom stereocenters. The van der Waals surface area contributed by atoms with Gasteiger partial charge in [-0.3, -0.25) is 19.3 Å².